The first kappa shape index (κ1) is 8.99. The van der Waals surface area contributed by atoms with Gasteiger partial charge in [-0.1, -0.05) is 0 Å². The molecule has 1 unspecified atom stereocenters. The van der Waals surface area contributed by atoms with Gasteiger partial charge >= 0.3 is 0 Å². The minimum Gasteiger partial charge on any atom is -0.323 e. The molecular formula is C7H9F2N3. The number of rotatable bonds is 3. The van der Waals surface area contributed by atoms with Crippen LogP contribution < -0.4 is 5.73 Å². The average Bonchev–Trinajstić information content (AvgIpc) is 2.06. The highest BCUT2D eigenvalue weighted by Gasteiger charge is 2.15. The van der Waals surface area contributed by atoms with Crippen molar-refractivity contribution in [1.29, 1.82) is 0 Å². The van der Waals surface area contributed by atoms with E-state index in [0.717, 1.165) is 0 Å². The van der Waals surface area contributed by atoms with E-state index in [9.17, 15) is 8.78 Å². The van der Waals surface area contributed by atoms with Crippen LogP contribution in [0.15, 0.2) is 18.6 Å². The predicted molar refractivity (Wildman–Crippen MR) is 39.7 cm³/mol. The third-order valence-electron chi connectivity index (χ3n) is 1.41. The number of hydrogen-bond acceptors (Lipinski definition) is 3. The summed E-state index contributed by atoms with van der Waals surface area (Å²) in [4.78, 5) is 7.43. The third kappa shape index (κ3) is 2.50. The molecule has 12 heavy (non-hydrogen) atoms. The van der Waals surface area contributed by atoms with Crippen LogP contribution in [0.5, 0.6) is 0 Å². The van der Waals surface area contributed by atoms with Gasteiger partial charge in [0.05, 0.1) is 6.04 Å². The van der Waals surface area contributed by atoms with Gasteiger partial charge in [-0.3, -0.25) is 0 Å². The summed E-state index contributed by atoms with van der Waals surface area (Å²) in [5, 5.41) is 0. The van der Waals surface area contributed by atoms with E-state index in [2.05, 4.69) is 9.97 Å². The Balaban J connectivity index is 2.53. The van der Waals surface area contributed by atoms with Gasteiger partial charge in [0.25, 0.3) is 6.43 Å². The molecule has 0 saturated heterocycles. The van der Waals surface area contributed by atoms with Gasteiger partial charge in [0.2, 0.25) is 0 Å². The highest BCUT2D eigenvalue weighted by molar-refractivity contribution is 5.00. The maximum Gasteiger partial charge on any atom is 0.253 e. The molecule has 2 N–H and O–H groups in total. The van der Waals surface area contributed by atoms with Crippen molar-refractivity contribution < 1.29 is 8.78 Å². The number of aromatic nitrogens is 2. The van der Waals surface area contributed by atoms with E-state index < -0.39 is 12.5 Å². The third-order valence-corrected chi connectivity index (χ3v) is 1.41. The first-order valence-electron chi connectivity index (χ1n) is 3.49. The Morgan fingerprint density at radius 3 is 2.75 bits per heavy atom. The second kappa shape index (κ2) is 4.06. The molecule has 1 aromatic heterocycles. The van der Waals surface area contributed by atoms with Crippen LogP contribution in [-0.2, 0) is 6.42 Å². The summed E-state index contributed by atoms with van der Waals surface area (Å²) in [5.41, 5.74) is 5.68. The predicted octanol–water partition coefficient (Wildman–Crippen LogP) is 0.611. The molecule has 0 aliphatic heterocycles. The van der Waals surface area contributed by atoms with E-state index in [-0.39, 0.29) is 6.42 Å². The molecule has 0 spiro atoms. The monoisotopic (exact) mass is 173 g/mol. The molecule has 3 nitrogen and oxygen atoms in total. The molecule has 1 aromatic rings. The Morgan fingerprint density at radius 2 is 2.25 bits per heavy atom. The molecule has 0 amide bonds. The van der Waals surface area contributed by atoms with Gasteiger partial charge in [-0.05, 0) is 6.07 Å². The smallest absolute Gasteiger partial charge is 0.253 e. The summed E-state index contributed by atoms with van der Waals surface area (Å²) in [7, 11) is 0. The molecule has 1 atom stereocenters. The first-order chi connectivity index (χ1) is 5.70. The molecule has 0 aromatic carbocycles. The second-order valence-electron chi connectivity index (χ2n) is 2.40. The van der Waals surface area contributed by atoms with E-state index in [4.69, 9.17) is 5.73 Å². The summed E-state index contributed by atoms with van der Waals surface area (Å²) in [6, 6.07) is 0.433. The quantitative estimate of drug-likeness (QED) is 0.728. The van der Waals surface area contributed by atoms with Crippen molar-refractivity contribution in [3.63, 3.8) is 0 Å². The van der Waals surface area contributed by atoms with Gasteiger partial charge in [-0.25, -0.2) is 18.7 Å². The molecule has 1 heterocycles. The van der Waals surface area contributed by atoms with Crippen LogP contribution >= 0.6 is 0 Å². The van der Waals surface area contributed by atoms with E-state index in [1.54, 1.807) is 6.07 Å². The van der Waals surface area contributed by atoms with Crippen LogP contribution in [0.3, 0.4) is 0 Å². The zero-order valence-corrected chi connectivity index (χ0v) is 6.32. The Kier molecular flexibility index (Phi) is 3.04. The van der Waals surface area contributed by atoms with Gasteiger partial charge in [0.15, 0.2) is 0 Å². The Hall–Kier alpha value is -1.10. The van der Waals surface area contributed by atoms with Crippen molar-refractivity contribution in [3.05, 3.63) is 24.3 Å². The molecule has 1 rings (SSSR count). The normalized spacial score (nSPS) is 13.3. The fourth-order valence-electron chi connectivity index (χ4n) is 0.769. The van der Waals surface area contributed by atoms with E-state index in [0.29, 0.717) is 5.69 Å². The van der Waals surface area contributed by atoms with Crippen molar-refractivity contribution in [2.45, 2.75) is 18.9 Å². The maximum atomic E-state index is 11.9. The van der Waals surface area contributed by atoms with Gasteiger partial charge < -0.3 is 5.73 Å². The number of halogens is 2. The van der Waals surface area contributed by atoms with Crippen molar-refractivity contribution in [1.82, 2.24) is 9.97 Å². The van der Waals surface area contributed by atoms with Crippen LogP contribution in [-0.4, -0.2) is 22.4 Å². The fourth-order valence-corrected chi connectivity index (χ4v) is 0.769. The van der Waals surface area contributed by atoms with Crippen LogP contribution in [0.4, 0.5) is 8.78 Å². The molecular weight excluding hydrogens is 164 g/mol. The summed E-state index contributed by atoms with van der Waals surface area (Å²) in [6.07, 6.45) is 0.397. The second-order valence-corrected chi connectivity index (χ2v) is 2.40. The molecule has 5 heteroatoms. The topological polar surface area (TPSA) is 51.8 Å². The largest absolute Gasteiger partial charge is 0.323 e. The maximum absolute atomic E-state index is 11.9. The van der Waals surface area contributed by atoms with Crippen molar-refractivity contribution in [2.24, 2.45) is 5.73 Å². The van der Waals surface area contributed by atoms with Gasteiger partial charge in [0.1, 0.15) is 6.33 Å². The van der Waals surface area contributed by atoms with Crippen molar-refractivity contribution >= 4 is 0 Å². The Labute approximate surface area is 68.6 Å². The molecule has 0 fully saturated rings. The van der Waals surface area contributed by atoms with Crippen LogP contribution in [0.2, 0.25) is 0 Å². The zero-order chi connectivity index (χ0) is 8.97. The molecule has 0 bridgehead atoms. The van der Waals surface area contributed by atoms with E-state index in [1.165, 1.54) is 12.5 Å². The first-order valence-corrected chi connectivity index (χ1v) is 3.49. The molecule has 0 saturated carbocycles. The van der Waals surface area contributed by atoms with Crippen molar-refractivity contribution in [3.8, 4) is 0 Å². The minimum atomic E-state index is -2.50. The van der Waals surface area contributed by atoms with Gasteiger partial charge in [-0.15, -0.1) is 0 Å². The number of alkyl halides is 2. The Bertz CT molecular complexity index is 227. The summed E-state index contributed by atoms with van der Waals surface area (Å²) in [6.45, 7) is 0. The molecule has 0 aliphatic carbocycles. The summed E-state index contributed by atoms with van der Waals surface area (Å²) >= 11 is 0. The van der Waals surface area contributed by atoms with Crippen molar-refractivity contribution in [2.75, 3.05) is 0 Å². The lowest BCUT2D eigenvalue weighted by Crippen LogP contribution is -2.31. The zero-order valence-electron chi connectivity index (χ0n) is 6.32. The summed E-state index contributed by atoms with van der Waals surface area (Å²) < 4.78 is 23.9. The SMILES string of the molecule is NC(Cc1ccncn1)C(F)F. The highest BCUT2D eigenvalue weighted by atomic mass is 19.3. The molecule has 66 valence electrons. The lowest BCUT2D eigenvalue weighted by atomic mass is 10.2. The Morgan fingerprint density at radius 1 is 1.50 bits per heavy atom. The number of nitrogens with two attached hydrogens (primary N) is 1. The average molecular weight is 173 g/mol. The fraction of sp³-hybridized carbons (Fsp3) is 0.429. The van der Waals surface area contributed by atoms with E-state index in [1.807, 2.05) is 0 Å². The lowest BCUT2D eigenvalue weighted by molar-refractivity contribution is 0.115. The number of nitrogens with zero attached hydrogens (tertiary/aromatic N) is 2. The summed E-state index contributed by atoms with van der Waals surface area (Å²) in [5.74, 6) is 0. The van der Waals surface area contributed by atoms with Crippen LogP contribution in [0, 0.1) is 0 Å². The van der Waals surface area contributed by atoms with Crippen LogP contribution in [0.1, 0.15) is 5.69 Å². The number of hydrogen-bond donors (Lipinski definition) is 1. The van der Waals surface area contributed by atoms with Crippen LogP contribution in [0.25, 0.3) is 0 Å². The highest BCUT2D eigenvalue weighted by Crippen LogP contribution is 2.03. The lowest BCUT2D eigenvalue weighted by Gasteiger charge is -2.08. The van der Waals surface area contributed by atoms with Gasteiger partial charge in [-0.2, -0.15) is 0 Å². The van der Waals surface area contributed by atoms with Gasteiger partial charge in [0, 0.05) is 18.3 Å². The molecule has 0 aliphatic rings. The molecule has 0 radical (unpaired) electrons. The standard InChI is InChI=1S/C7H9F2N3/c8-7(9)6(10)3-5-1-2-11-4-12-5/h1-2,4,6-7H,3,10H2. The van der Waals surface area contributed by atoms with E-state index >= 15 is 0 Å². The minimum absolute atomic E-state index is 0.0835.